The van der Waals surface area contributed by atoms with Crippen LogP contribution in [0.4, 0.5) is 5.82 Å². The molecule has 0 bridgehead atoms. The van der Waals surface area contributed by atoms with Crippen LogP contribution in [0.5, 0.6) is 0 Å². The minimum Gasteiger partial charge on any atom is -0.481 e. The summed E-state index contributed by atoms with van der Waals surface area (Å²) in [5.41, 5.74) is 8.92. The van der Waals surface area contributed by atoms with Crippen LogP contribution in [0.25, 0.3) is 22.2 Å². The highest BCUT2D eigenvalue weighted by atomic mass is 16.4. The van der Waals surface area contributed by atoms with Gasteiger partial charge in [0.25, 0.3) is 11.8 Å². The van der Waals surface area contributed by atoms with Gasteiger partial charge in [0.1, 0.15) is 29.8 Å². The van der Waals surface area contributed by atoms with E-state index in [9.17, 15) is 24.4 Å². The summed E-state index contributed by atoms with van der Waals surface area (Å²) in [6.45, 7) is 6.29. The molecule has 0 aliphatic carbocycles. The summed E-state index contributed by atoms with van der Waals surface area (Å²) in [7, 11) is 1.67. The molecule has 0 saturated carbocycles. The lowest BCUT2D eigenvalue weighted by Gasteiger charge is -2.25. The third-order valence-electron chi connectivity index (χ3n) is 7.01. The fraction of sp³-hybridized carbons (Fsp3) is 0.303. The topological polar surface area (TPSA) is 196 Å². The highest BCUT2D eigenvalue weighted by Crippen LogP contribution is 2.29. The normalized spacial score (nSPS) is 11.1. The third-order valence-corrected chi connectivity index (χ3v) is 7.01. The molecule has 4 aromatic rings. The maximum absolute atomic E-state index is 14.1. The molecule has 3 amide bonds. The van der Waals surface area contributed by atoms with Gasteiger partial charge >= 0.3 is 5.97 Å². The van der Waals surface area contributed by atoms with Crippen molar-refractivity contribution in [2.24, 2.45) is 11.1 Å². The molecule has 0 unspecified atom stereocenters. The summed E-state index contributed by atoms with van der Waals surface area (Å²) in [6.07, 6.45) is -0.159. The van der Waals surface area contributed by atoms with Crippen LogP contribution < -0.4 is 16.4 Å². The lowest BCUT2D eigenvalue weighted by molar-refractivity contribution is -0.136. The van der Waals surface area contributed by atoms with Gasteiger partial charge in [-0.25, -0.2) is 9.97 Å². The fourth-order valence-electron chi connectivity index (χ4n) is 4.95. The van der Waals surface area contributed by atoms with Crippen molar-refractivity contribution >= 4 is 40.5 Å². The van der Waals surface area contributed by atoms with Crippen molar-refractivity contribution in [1.29, 1.82) is 5.26 Å². The van der Waals surface area contributed by atoms with Crippen molar-refractivity contribution in [1.82, 2.24) is 24.8 Å². The van der Waals surface area contributed by atoms with E-state index in [1.54, 1.807) is 41.9 Å². The van der Waals surface area contributed by atoms with Gasteiger partial charge in [-0.05, 0) is 40.3 Å². The SMILES string of the molecule is CNc1nc(C#N)nc2c1cc(C(=O)N(CC(N)=O)Cc1ccc(-c3ccc(C(=O)NCCC(=O)O)cc3)cc1)n2CC(C)(C)C. The second kappa shape index (κ2) is 13.9. The molecule has 0 aliphatic heterocycles. The summed E-state index contributed by atoms with van der Waals surface area (Å²) < 4.78 is 1.76. The number of nitriles is 1. The Kier molecular flexibility index (Phi) is 10.0. The Labute approximate surface area is 266 Å². The lowest BCUT2D eigenvalue weighted by Crippen LogP contribution is -2.39. The molecule has 2 aromatic carbocycles. The largest absolute Gasteiger partial charge is 0.481 e. The van der Waals surface area contributed by atoms with E-state index in [4.69, 9.17) is 10.8 Å². The van der Waals surface area contributed by atoms with Gasteiger partial charge in [0, 0.05) is 32.2 Å². The Morgan fingerprint density at radius 3 is 2.20 bits per heavy atom. The first kappa shape index (κ1) is 33.1. The monoisotopic (exact) mass is 624 g/mol. The van der Waals surface area contributed by atoms with Gasteiger partial charge in [0.15, 0.2) is 0 Å². The molecular weight excluding hydrogens is 588 g/mol. The van der Waals surface area contributed by atoms with E-state index in [0.29, 0.717) is 29.0 Å². The van der Waals surface area contributed by atoms with E-state index < -0.39 is 17.8 Å². The molecule has 0 saturated heterocycles. The number of carboxylic acids is 1. The molecule has 2 aromatic heterocycles. The maximum Gasteiger partial charge on any atom is 0.305 e. The van der Waals surface area contributed by atoms with Crippen molar-refractivity contribution in [3.63, 3.8) is 0 Å². The van der Waals surface area contributed by atoms with Crippen LogP contribution in [0.1, 0.15) is 59.4 Å². The van der Waals surface area contributed by atoms with E-state index in [-0.39, 0.29) is 48.9 Å². The highest BCUT2D eigenvalue weighted by Gasteiger charge is 2.27. The molecule has 4 rings (SSSR count). The standard InChI is InChI=1S/C33H36N8O5/c1-33(2,3)19-41-25(15-24-29(36-4)38-27(16-34)39-30(24)41)32(46)40(18-26(35)42)17-20-5-7-21(8-6-20)22-9-11-23(12-10-22)31(45)37-14-13-28(43)44/h5-12,15H,13-14,17-19H2,1-4H3,(H2,35,42)(H,37,45)(H,43,44)(H,36,38,39). The molecular formula is C33H36N8O5. The van der Waals surface area contributed by atoms with Crippen molar-refractivity contribution in [3.8, 4) is 17.2 Å². The number of nitrogens with one attached hydrogen (secondary N) is 2. The van der Waals surface area contributed by atoms with Crippen molar-refractivity contribution < 1.29 is 24.3 Å². The Morgan fingerprint density at radius 1 is 1.02 bits per heavy atom. The Hall–Kier alpha value is -5.77. The third kappa shape index (κ3) is 8.03. The first-order chi connectivity index (χ1) is 21.8. The number of carbonyl (C=O) groups is 4. The number of hydrogen-bond acceptors (Lipinski definition) is 8. The predicted octanol–water partition coefficient (Wildman–Crippen LogP) is 3.39. The number of benzene rings is 2. The van der Waals surface area contributed by atoms with Crippen molar-refractivity contribution in [2.75, 3.05) is 25.5 Å². The number of fused-ring (bicyclic) bond motifs is 1. The van der Waals surface area contributed by atoms with E-state index in [2.05, 4.69) is 20.6 Å². The van der Waals surface area contributed by atoms with Crippen LogP contribution in [0.3, 0.4) is 0 Å². The predicted molar refractivity (Wildman–Crippen MR) is 172 cm³/mol. The molecule has 0 fully saturated rings. The molecule has 238 valence electrons. The number of aromatic nitrogens is 3. The number of carbonyl (C=O) groups excluding carboxylic acids is 3. The molecule has 0 aliphatic rings. The molecule has 0 radical (unpaired) electrons. The summed E-state index contributed by atoms with van der Waals surface area (Å²) >= 11 is 0. The molecule has 13 heteroatoms. The van der Waals surface area contributed by atoms with Crippen LogP contribution in [0.2, 0.25) is 0 Å². The minimum atomic E-state index is -0.988. The quantitative estimate of drug-likeness (QED) is 0.183. The first-order valence-corrected chi connectivity index (χ1v) is 14.6. The number of aliphatic carboxylic acids is 1. The van der Waals surface area contributed by atoms with Gasteiger partial charge in [0.05, 0.1) is 11.8 Å². The Balaban J connectivity index is 1.60. The van der Waals surface area contributed by atoms with Crippen LogP contribution in [0.15, 0.2) is 54.6 Å². The zero-order valence-corrected chi connectivity index (χ0v) is 26.1. The second-order valence-electron chi connectivity index (χ2n) is 12.0. The van der Waals surface area contributed by atoms with Gasteiger partial charge in [-0.15, -0.1) is 0 Å². The van der Waals surface area contributed by atoms with Gasteiger partial charge in [-0.3, -0.25) is 19.2 Å². The van der Waals surface area contributed by atoms with Gasteiger partial charge in [-0.2, -0.15) is 5.26 Å². The molecule has 46 heavy (non-hydrogen) atoms. The van der Waals surface area contributed by atoms with Gasteiger partial charge < -0.3 is 30.9 Å². The minimum absolute atomic E-state index is 0.0353. The molecule has 2 heterocycles. The number of nitrogens with zero attached hydrogens (tertiary/aromatic N) is 5. The smallest absolute Gasteiger partial charge is 0.305 e. The molecule has 5 N–H and O–H groups in total. The van der Waals surface area contributed by atoms with Crippen molar-refractivity contribution in [2.45, 2.75) is 40.3 Å². The molecule has 0 spiro atoms. The zero-order valence-electron chi connectivity index (χ0n) is 26.1. The van der Waals surface area contributed by atoms with Crippen LogP contribution in [-0.4, -0.2) is 68.4 Å². The zero-order chi connectivity index (χ0) is 33.6. The number of primary amides is 1. The Bertz CT molecular complexity index is 1820. The van der Waals surface area contributed by atoms with Gasteiger partial charge in [-0.1, -0.05) is 57.2 Å². The van der Waals surface area contributed by atoms with Crippen LogP contribution in [0, 0.1) is 16.7 Å². The number of hydrogen-bond donors (Lipinski definition) is 4. The van der Waals surface area contributed by atoms with Crippen LogP contribution >= 0.6 is 0 Å². The summed E-state index contributed by atoms with van der Waals surface area (Å²) in [4.78, 5) is 59.2. The second-order valence-corrected chi connectivity index (χ2v) is 12.0. The average Bonchev–Trinajstić information content (AvgIpc) is 3.36. The fourth-order valence-corrected chi connectivity index (χ4v) is 4.95. The summed E-state index contributed by atoms with van der Waals surface area (Å²) in [5.74, 6) is -2.07. The van der Waals surface area contributed by atoms with E-state index in [0.717, 1.165) is 16.7 Å². The van der Waals surface area contributed by atoms with E-state index in [1.807, 2.05) is 51.1 Å². The highest BCUT2D eigenvalue weighted by molar-refractivity contribution is 6.02. The molecule has 13 nitrogen and oxygen atoms in total. The first-order valence-electron chi connectivity index (χ1n) is 14.6. The van der Waals surface area contributed by atoms with E-state index >= 15 is 0 Å². The van der Waals surface area contributed by atoms with Gasteiger partial charge in [0.2, 0.25) is 11.7 Å². The molecule has 0 atom stereocenters. The number of amides is 3. The lowest BCUT2D eigenvalue weighted by atomic mass is 9.97. The Morgan fingerprint density at radius 2 is 1.65 bits per heavy atom. The number of rotatable bonds is 12. The van der Waals surface area contributed by atoms with Crippen molar-refractivity contribution in [3.05, 3.63) is 77.2 Å². The van der Waals surface area contributed by atoms with E-state index in [1.165, 1.54) is 4.90 Å². The average molecular weight is 625 g/mol. The summed E-state index contributed by atoms with van der Waals surface area (Å²) in [6, 6.07) is 18.0. The number of anilines is 1. The number of carboxylic acid groups (broad SMARTS) is 1. The summed E-state index contributed by atoms with van der Waals surface area (Å²) in [5, 5.41) is 24.4. The van der Waals surface area contributed by atoms with Crippen LogP contribution in [-0.2, 0) is 22.7 Å². The number of nitrogens with two attached hydrogens (primary N) is 1. The maximum atomic E-state index is 14.1.